The Hall–Kier alpha value is -4.85. The van der Waals surface area contributed by atoms with Gasteiger partial charge in [0.15, 0.2) is 5.58 Å². The molecule has 39 heavy (non-hydrogen) atoms. The highest BCUT2D eigenvalue weighted by Gasteiger charge is 2.27. The number of rotatable bonds is 8. The number of H-pyrrole nitrogens is 1. The summed E-state index contributed by atoms with van der Waals surface area (Å²) in [7, 11) is 1.65. The Labute approximate surface area is 224 Å². The van der Waals surface area contributed by atoms with Gasteiger partial charge in [0.05, 0.1) is 17.8 Å². The predicted molar refractivity (Wildman–Crippen MR) is 144 cm³/mol. The van der Waals surface area contributed by atoms with Gasteiger partial charge in [-0.25, -0.2) is 9.59 Å². The van der Waals surface area contributed by atoms with E-state index in [9.17, 15) is 19.6 Å². The first-order chi connectivity index (χ1) is 18.5. The summed E-state index contributed by atoms with van der Waals surface area (Å²) in [6, 6.07) is 13.4. The van der Waals surface area contributed by atoms with Crippen LogP contribution in [0.2, 0.25) is 0 Å². The third-order valence-corrected chi connectivity index (χ3v) is 5.99. The van der Waals surface area contributed by atoms with E-state index >= 15 is 0 Å². The molecule has 2 atom stereocenters. The van der Waals surface area contributed by atoms with Gasteiger partial charge in [-0.3, -0.25) is 14.5 Å². The van der Waals surface area contributed by atoms with E-state index in [1.165, 1.54) is 4.57 Å². The maximum Gasteiger partial charge on any atom is 0.419 e. The molecule has 2 aromatic heterocycles. The van der Waals surface area contributed by atoms with Crippen molar-refractivity contribution in [1.29, 1.82) is 5.26 Å². The van der Waals surface area contributed by atoms with Gasteiger partial charge in [0.2, 0.25) is 5.91 Å². The maximum absolute atomic E-state index is 13.1. The number of nitriles is 1. The highest BCUT2D eigenvalue weighted by atomic mass is 16.6. The lowest BCUT2D eigenvalue weighted by atomic mass is 10.0. The first kappa shape index (κ1) is 27.2. The Morgan fingerprint density at radius 2 is 1.82 bits per heavy atom. The molecule has 11 nitrogen and oxygen atoms in total. The fourth-order valence-electron chi connectivity index (χ4n) is 4.06. The molecule has 0 aliphatic heterocycles. The summed E-state index contributed by atoms with van der Waals surface area (Å²) >= 11 is 0. The number of carbonyl (C=O) groups excluding carboxylic acids is 2. The number of aryl methyl sites for hydroxylation is 1. The zero-order chi connectivity index (χ0) is 28.2. The van der Waals surface area contributed by atoms with E-state index in [2.05, 4.69) is 26.9 Å². The van der Waals surface area contributed by atoms with Crippen LogP contribution < -0.4 is 16.4 Å². The molecule has 2 heterocycles. The Balaban J connectivity index is 1.44. The number of alkyl carbamates (subject to hydrolysis) is 1. The van der Waals surface area contributed by atoms with Gasteiger partial charge in [-0.1, -0.05) is 30.3 Å². The minimum atomic E-state index is -0.968. The van der Waals surface area contributed by atoms with Gasteiger partial charge in [-0.15, -0.1) is 0 Å². The van der Waals surface area contributed by atoms with E-state index in [1.807, 2.05) is 36.4 Å². The Morgan fingerprint density at radius 3 is 2.46 bits per heavy atom. The van der Waals surface area contributed by atoms with Crippen molar-refractivity contribution in [2.75, 3.05) is 0 Å². The number of oxazole rings is 1. The lowest BCUT2D eigenvalue weighted by Crippen LogP contribution is -2.51. The molecule has 2 amide bonds. The largest absolute Gasteiger partial charge is 0.444 e. The van der Waals surface area contributed by atoms with Gasteiger partial charge in [-0.05, 0) is 55.2 Å². The van der Waals surface area contributed by atoms with Crippen molar-refractivity contribution < 1.29 is 18.7 Å². The molecule has 0 radical (unpaired) electrons. The molecule has 202 valence electrons. The van der Waals surface area contributed by atoms with Crippen LogP contribution in [0.15, 0.2) is 64.1 Å². The zero-order valence-corrected chi connectivity index (χ0v) is 22.1. The SMILES string of the molecule is Cn1c(=O)oc2ccc(-c3ccc(C[C@@H](C#N)NC(=O)[C@H](Cc4cn[nH]c4)NC(=O)OC(C)(C)C)cc3)cc21. The molecular weight excluding hydrogens is 500 g/mol. The van der Waals surface area contributed by atoms with Crippen LogP contribution in [0.1, 0.15) is 31.9 Å². The molecule has 0 saturated carbocycles. The molecule has 4 rings (SSSR count). The van der Waals surface area contributed by atoms with Gasteiger partial charge in [0, 0.05) is 26.1 Å². The molecule has 0 spiro atoms. The van der Waals surface area contributed by atoms with Crippen molar-refractivity contribution in [3.05, 3.63) is 76.5 Å². The molecule has 11 heteroatoms. The van der Waals surface area contributed by atoms with E-state index < -0.39 is 35.4 Å². The van der Waals surface area contributed by atoms with E-state index in [0.717, 1.165) is 16.7 Å². The van der Waals surface area contributed by atoms with Crippen molar-refractivity contribution in [2.24, 2.45) is 7.05 Å². The fraction of sp³-hybridized carbons (Fsp3) is 0.321. The zero-order valence-electron chi connectivity index (χ0n) is 22.1. The maximum atomic E-state index is 13.1. The van der Waals surface area contributed by atoms with Crippen molar-refractivity contribution in [3.8, 4) is 17.2 Å². The number of aromatic amines is 1. The van der Waals surface area contributed by atoms with Crippen molar-refractivity contribution in [1.82, 2.24) is 25.4 Å². The average molecular weight is 531 g/mol. The molecule has 0 saturated heterocycles. The number of hydrogen-bond donors (Lipinski definition) is 3. The highest BCUT2D eigenvalue weighted by molar-refractivity contribution is 5.86. The molecule has 0 bridgehead atoms. The molecular formula is C28H30N6O5. The third kappa shape index (κ3) is 6.93. The van der Waals surface area contributed by atoms with Crippen LogP contribution in [0, 0.1) is 11.3 Å². The Kier molecular flexibility index (Phi) is 7.85. The normalized spacial score (nSPS) is 12.9. The van der Waals surface area contributed by atoms with E-state index in [0.29, 0.717) is 16.7 Å². The first-order valence-corrected chi connectivity index (χ1v) is 12.4. The monoisotopic (exact) mass is 530 g/mol. The number of ether oxygens (including phenoxy) is 1. The van der Waals surface area contributed by atoms with E-state index in [-0.39, 0.29) is 12.8 Å². The number of nitrogens with one attached hydrogen (secondary N) is 3. The van der Waals surface area contributed by atoms with Crippen LogP contribution in [0.25, 0.3) is 22.2 Å². The average Bonchev–Trinajstić information content (AvgIpc) is 3.49. The van der Waals surface area contributed by atoms with Gasteiger partial charge < -0.3 is 19.8 Å². The van der Waals surface area contributed by atoms with E-state index in [4.69, 9.17) is 9.15 Å². The fourth-order valence-corrected chi connectivity index (χ4v) is 4.06. The molecule has 4 aromatic rings. The second-order valence-corrected chi connectivity index (χ2v) is 10.2. The molecule has 3 N–H and O–H groups in total. The standard InChI is InChI=1S/C28H30N6O5/c1-28(2,3)39-26(36)33-22(12-18-15-30-31-16-18)25(35)32-21(14-29)11-17-5-7-19(8-6-17)20-9-10-24-23(13-20)34(4)27(37)38-24/h5-10,13,15-16,21-22H,11-12H2,1-4H3,(H,30,31)(H,32,35)(H,33,36)/t21-,22-/m0/s1. The second-order valence-electron chi connectivity index (χ2n) is 10.2. The summed E-state index contributed by atoms with van der Waals surface area (Å²) in [5.74, 6) is -0.931. The summed E-state index contributed by atoms with van der Waals surface area (Å²) in [6.07, 6.45) is 2.89. The topological polar surface area (TPSA) is 155 Å². The lowest BCUT2D eigenvalue weighted by Gasteiger charge is -2.24. The summed E-state index contributed by atoms with van der Waals surface area (Å²) in [6.45, 7) is 5.19. The quantitative estimate of drug-likeness (QED) is 0.316. The number of benzene rings is 2. The number of amides is 2. The number of aromatic nitrogens is 3. The minimum absolute atomic E-state index is 0.168. The van der Waals surface area contributed by atoms with Gasteiger partial charge in [0.25, 0.3) is 0 Å². The number of fused-ring (bicyclic) bond motifs is 1. The number of carbonyl (C=O) groups is 2. The van der Waals surface area contributed by atoms with Crippen LogP contribution in [-0.4, -0.2) is 44.4 Å². The second kappa shape index (κ2) is 11.3. The minimum Gasteiger partial charge on any atom is -0.444 e. The van der Waals surface area contributed by atoms with Gasteiger partial charge in [0.1, 0.15) is 17.7 Å². The summed E-state index contributed by atoms with van der Waals surface area (Å²) in [4.78, 5) is 37.3. The molecule has 0 aliphatic carbocycles. The first-order valence-electron chi connectivity index (χ1n) is 12.4. The lowest BCUT2D eigenvalue weighted by molar-refractivity contribution is -0.123. The van der Waals surface area contributed by atoms with Crippen LogP contribution in [0.4, 0.5) is 4.79 Å². The molecule has 0 fully saturated rings. The summed E-state index contributed by atoms with van der Waals surface area (Å²) in [5.41, 5.74) is 3.86. The van der Waals surface area contributed by atoms with Gasteiger partial charge in [-0.2, -0.15) is 10.4 Å². The summed E-state index contributed by atoms with van der Waals surface area (Å²) < 4.78 is 11.9. The predicted octanol–water partition coefficient (Wildman–Crippen LogP) is 3.21. The van der Waals surface area contributed by atoms with Crippen LogP contribution in [-0.2, 0) is 29.4 Å². The highest BCUT2D eigenvalue weighted by Crippen LogP contribution is 2.24. The molecule has 0 unspecified atom stereocenters. The smallest absolute Gasteiger partial charge is 0.419 e. The van der Waals surface area contributed by atoms with Crippen LogP contribution >= 0.6 is 0 Å². The molecule has 2 aromatic carbocycles. The van der Waals surface area contributed by atoms with Crippen LogP contribution in [0.3, 0.4) is 0 Å². The number of nitrogens with zero attached hydrogens (tertiary/aromatic N) is 3. The summed E-state index contributed by atoms with van der Waals surface area (Å²) in [5, 5.41) is 21.6. The van der Waals surface area contributed by atoms with Gasteiger partial charge >= 0.3 is 11.8 Å². The van der Waals surface area contributed by atoms with Crippen LogP contribution in [0.5, 0.6) is 0 Å². The number of hydrogen-bond acceptors (Lipinski definition) is 7. The van der Waals surface area contributed by atoms with Crippen molar-refractivity contribution >= 4 is 23.1 Å². The Morgan fingerprint density at radius 1 is 1.10 bits per heavy atom. The van der Waals surface area contributed by atoms with Crippen molar-refractivity contribution in [2.45, 2.75) is 51.3 Å². The Bertz CT molecular complexity index is 1560. The molecule has 0 aliphatic rings. The van der Waals surface area contributed by atoms with Crippen molar-refractivity contribution in [3.63, 3.8) is 0 Å². The van der Waals surface area contributed by atoms with E-state index in [1.54, 1.807) is 46.3 Å². The third-order valence-electron chi connectivity index (χ3n) is 5.99.